The highest BCUT2D eigenvalue weighted by molar-refractivity contribution is 5.82. The molecular weight excluding hydrogens is 240 g/mol. The molecule has 4 nitrogen and oxygen atoms in total. The van der Waals surface area contributed by atoms with Crippen molar-refractivity contribution in [2.45, 2.75) is 58.5 Å². The lowest BCUT2D eigenvalue weighted by Gasteiger charge is -2.38. The molecule has 112 valence electrons. The van der Waals surface area contributed by atoms with Crippen LogP contribution in [0.25, 0.3) is 0 Å². The van der Waals surface area contributed by atoms with E-state index in [-0.39, 0.29) is 5.97 Å². The third-order valence-electron chi connectivity index (χ3n) is 4.01. The van der Waals surface area contributed by atoms with Crippen molar-refractivity contribution in [3.05, 3.63) is 0 Å². The summed E-state index contributed by atoms with van der Waals surface area (Å²) in [4.78, 5) is 14.7. The Balaban J connectivity index is 2.90. The Kier molecular flexibility index (Phi) is 6.27. The van der Waals surface area contributed by atoms with Gasteiger partial charge in [-0.3, -0.25) is 4.90 Å². The molecular formula is C15H30N2O2. The average Bonchev–Trinajstić information content (AvgIpc) is 3.20. The monoisotopic (exact) mass is 270 g/mol. The maximum atomic E-state index is 12.4. The molecule has 1 fully saturated rings. The number of esters is 1. The van der Waals surface area contributed by atoms with Crippen molar-refractivity contribution < 1.29 is 9.53 Å². The number of carbonyl (C=O) groups is 1. The zero-order chi connectivity index (χ0) is 14.5. The molecule has 0 aliphatic heterocycles. The maximum Gasteiger partial charge on any atom is 0.327 e. The number of nitrogens with zero attached hydrogens (tertiary/aromatic N) is 1. The first kappa shape index (κ1) is 16.4. The average molecular weight is 270 g/mol. The van der Waals surface area contributed by atoms with E-state index in [1.807, 2.05) is 0 Å². The van der Waals surface area contributed by atoms with Crippen LogP contribution in [0.4, 0.5) is 0 Å². The van der Waals surface area contributed by atoms with Crippen LogP contribution in [0, 0.1) is 5.92 Å². The quantitative estimate of drug-likeness (QED) is 0.651. The molecule has 1 N–H and O–H groups in total. The van der Waals surface area contributed by atoms with Gasteiger partial charge in [-0.1, -0.05) is 13.8 Å². The predicted octanol–water partition coefficient (Wildman–Crippen LogP) is 2.04. The lowest BCUT2D eigenvalue weighted by molar-refractivity contribution is -0.151. The Morgan fingerprint density at radius 2 is 2.05 bits per heavy atom. The SMILES string of the molecule is CCCN(CC(NCC)(C(=O)OC)C1CC1)C(C)C. The van der Waals surface area contributed by atoms with Gasteiger partial charge in [0.15, 0.2) is 0 Å². The van der Waals surface area contributed by atoms with E-state index in [9.17, 15) is 4.79 Å². The third-order valence-corrected chi connectivity index (χ3v) is 4.01. The summed E-state index contributed by atoms with van der Waals surface area (Å²) in [7, 11) is 1.50. The van der Waals surface area contributed by atoms with E-state index in [1.165, 1.54) is 7.11 Å². The van der Waals surface area contributed by atoms with E-state index in [1.54, 1.807) is 0 Å². The topological polar surface area (TPSA) is 41.6 Å². The molecule has 1 aliphatic rings. The Morgan fingerprint density at radius 3 is 2.42 bits per heavy atom. The summed E-state index contributed by atoms with van der Waals surface area (Å²) in [6.07, 6.45) is 3.35. The third kappa shape index (κ3) is 3.93. The minimum Gasteiger partial charge on any atom is -0.468 e. The van der Waals surface area contributed by atoms with Gasteiger partial charge in [-0.15, -0.1) is 0 Å². The van der Waals surface area contributed by atoms with E-state index in [0.717, 1.165) is 38.9 Å². The minimum absolute atomic E-state index is 0.0985. The van der Waals surface area contributed by atoms with E-state index >= 15 is 0 Å². The smallest absolute Gasteiger partial charge is 0.327 e. The van der Waals surface area contributed by atoms with Crippen LogP contribution in [0.5, 0.6) is 0 Å². The molecule has 0 aromatic rings. The van der Waals surface area contributed by atoms with Crippen molar-refractivity contribution in [1.82, 2.24) is 10.2 Å². The van der Waals surface area contributed by atoms with E-state index < -0.39 is 5.54 Å². The molecule has 19 heavy (non-hydrogen) atoms. The van der Waals surface area contributed by atoms with Gasteiger partial charge >= 0.3 is 5.97 Å². The van der Waals surface area contributed by atoms with Gasteiger partial charge in [-0.25, -0.2) is 4.79 Å². The number of ether oxygens (including phenoxy) is 1. The highest BCUT2D eigenvalue weighted by Gasteiger charge is 2.52. The molecule has 1 atom stereocenters. The number of rotatable bonds is 9. The van der Waals surface area contributed by atoms with E-state index in [2.05, 4.69) is 37.9 Å². The zero-order valence-electron chi connectivity index (χ0n) is 13.2. The van der Waals surface area contributed by atoms with Crippen molar-refractivity contribution in [2.24, 2.45) is 5.92 Å². The second-order valence-electron chi connectivity index (χ2n) is 5.83. The van der Waals surface area contributed by atoms with Crippen LogP contribution in [0.15, 0.2) is 0 Å². The second-order valence-corrected chi connectivity index (χ2v) is 5.83. The van der Waals surface area contributed by atoms with Gasteiger partial charge in [0.25, 0.3) is 0 Å². The number of methoxy groups -OCH3 is 1. The number of nitrogens with one attached hydrogen (secondary N) is 1. The van der Waals surface area contributed by atoms with Crippen LogP contribution in [-0.4, -0.2) is 49.2 Å². The standard InChI is InChI=1S/C15H30N2O2/c1-6-10-17(12(3)4)11-15(16-7-2,13-8-9-13)14(18)19-5/h12-13,16H,6-11H2,1-5H3. The second kappa shape index (κ2) is 7.25. The number of likely N-dealkylation sites (N-methyl/N-ethyl adjacent to an activating group) is 1. The molecule has 0 radical (unpaired) electrons. The maximum absolute atomic E-state index is 12.4. The van der Waals surface area contributed by atoms with Crippen LogP contribution in [0.1, 0.15) is 47.0 Å². The summed E-state index contributed by atoms with van der Waals surface area (Å²) < 4.78 is 5.10. The molecule has 0 saturated heterocycles. The lowest BCUT2D eigenvalue weighted by atomic mass is 9.91. The molecule has 1 unspecified atom stereocenters. The molecule has 0 amide bonds. The number of carbonyl (C=O) groups excluding carboxylic acids is 1. The van der Waals surface area contributed by atoms with Gasteiger partial charge in [-0.2, -0.15) is 0 Å². The molecule has 0 heterocycles. The summed E-state index contributed by atoms with van der Waals surface area (Å²) in [5, 5.41) is 3.44. The van der Waals surface area contributed by atoms with E-state index in [0.29, 0.717) is 12.0 Å². The van der Waals surface area contributed by atoms with Crippen LogP contribution < -0.4 is 5.32 Å². The van der Waals surface area contributed by atoms with Crippen molar-refractivity contribution in [1.29, 1.82) is 0 Å². The first-order chi connectivity index (χ1) is 9.01. The largest absolute Gasteiger partial charge is 0.468 e. The molecule has 0 aromatic carbocycles. The lowest BCUT2D eigenvalue weighted by Crippen LogP contribution is -2.62. The van der Waals surface area contributed by atoms with Crippen molar-refractivity contribution >= 4 is 5.97 Å². The summed E-state index contributed by atoms with van der Waals surface area (Å²) in [5.74, 6) is 0.330. The van der Waals surface area contributed by atoms with Crippen molar-refractivity contribution in [2.75, 3.05) is 26.7 Å². The molecule has 0 spiro atoms. The summed E-state index contributed by atoms with van der Waals surface area (Å²) in [6.45, 7) is 11.2. The van der Waals surface area contributed by atoms with Crippen molar-refractivity contribution in [3.63, 3.8) is 0 Å². The minimum atomic E-state index is -0.511. The summed E-state index contributed by atoms with van der Waals surface area (Å²) in [5.41, 5.74) is -0.511. The molecule has 1 aliphatic carbocycles. The molecule has 1 rings (SSSR count). The molecule has 4 heteroatoms. The van der Waals surface area contributed by atoms with Gasteiger partial charge < -0.3 is 10.1 Å². The fraction of sp³-hybridized carbons (Fsp3) is 0.933. The van der Waals surface area contributed by atoms with Crippen LogP contribution >= 0.6 is 0 Å². The van der Waals surface area contributed by atoms with Gasteiger partial charge in [0.05, 0.1) is 7.11 Å². The Hall–Kier alpha value is -0.610. The number of hydrogen-bond acceptors (Lipinski definition) is 4. The fourth-order valence-corrected chi connectivity index (χ4v) is 2.83. The zero-order valence-corrected chi connectivity index (χ0v) is 13.2. The van der Waals surface area contributed by atoms with Crippen LogP contribution in [0.3, 0.4) is 0 Å². The van der Waals surface area contributed by atoms with Gasteiger partial charge in [-0.05, 0) is 52.1 Å². The van der Waals surface area contributed by atoms with Gasteiger partial charge in [0, 0.05) is 12.6 Å². The Morgan fingerprint density at radius 1 is 1.42 bits per heavy atom. The number of hydrogen-bond donors (Lipinski definition) is 1. The molecule has 0 aromatic heterocycles. The van der Waals surface area contributed by atoms with Gasteiger partial charge in [0.1, 0.15) is 5.54 Å². The summed E-state index contributed by atoms with van der Waals surface area (Å²) >= 11 is 0. The van der Waals surface area contributed by atoms with Gasteiger partial charge in [0.2, 0.25) is 0 Å². The molecule has 1 saturated carbocycles. The van der Waals surface area contributed by atoms with E-state index in [4.69, 9.17) is 4.74 Å². The first-order valence-corrected chi connectivity index (χ1v) is 7.59. The van der Waals surface area contributed by atoms with Crippen LogP contribution in [0.2, 0.25) is 0 Å². The highest BCUT2D eigenvalue weighted by Crippen LogP contribution is 2.41. The fourth-order valence-electron chi connectivity index (χ4n) is 2.83. The normalized spacial score (nSPS) is 18.7. The van der Waals surface area contributed by atoms with Crippen LogP contribution in [-0.2, 0) is 9.53 Å². The first-order valence-electron chi connectivity index (χ1n) is 7.59. The highest BCUT2D eigenvalue weighted by atomic mass is 16.5. The predicted molar refractivity (Wildman–Crippen MR) is 78.1 cm³/mol. The Labute approximate surface area is 117 Å². The summed E-state index contributed by atoms with van der Waals surface area (Å²) in [6, 6.07) is 0.446. The molecule has 0 bridgehead atoms. The Bertz CT molecular complexity index is 290. The van der Waals surface area contributed by atoms with Crippen molar-refractivity contribution in [3.8, 4) is 0 Å².